The van der Waals surface area contributed by atoms with Crippen LogP contribution in [0.25, 0.3) is 0 Å². The molecule has 0 heterocycles. The molecule has 2 rings (SSSR count). The van der Waals surface area contributed by atoms with Gasteiger partial charge in [-0.3, -0.25) is 10.1 Å². The Labute approximate surface area is 114 Å². The fraction of sp³-hybridized carbons (Fsp3) is 0. The second-order valence-electron chi connectivity index (χ2n) is 3.79. The van der Waals surface area contributed by atoms with Crippen molar-refractivity contribution >= 4 is 13.4 Å². The molecule has 0 saturated heterocycles. The summed E-state index contributed by atoms with van der Waals surface area (Å²) in [5.74, 6) is 0.428. The van der Waals surface area contributed by atoms with Crippen molar-refractivity contribution in [2.24, 2.45) is 5.50 Å². The topological polar surface area (TPSA) is 105 Å². The molecule has 7 nitrogen and oxygen atoms in total. The third-order valence-electron chi connectivity index (χ3n) is 2.26. The smallest absolute Gasteiger partial charge is 0.405 e. The van der Waals surface area contributed by atoms with Crippen molar-refractivity contribution in [1.29, 1.82) is 0 Å². The summed E-state index contributed by atoms with van der Waals surface area (Å²) in [6.45, 7) is 0. The van der Waals surface area contributed by atoms with Gasteiger partial charge in [0.05, 0.1) is 4.92 Å². The van der Waals surface area contributed by atoms with E-state index in [4.69, 9.17) is 14.6 Å². The maximum atomic E-state index is 12.0. The summed E-state index contributed by atoms with van der Waals surface area (Å²) in [4.78, 5) is 9.95. The van der Waals surface area contributed by atoms with Crippen LogP contribution in [0.15, 0.2) is 54.6 Å². The van der Waals surface area contributed by atoms with Crippen LogP contribution in [0.1, 0.15) is 0 Å². The van der Waals surface area contributed by atoms with Gasteiger partial charge in [0, 0.05) is 12.1 Å². The summed E-state index contributed by atoms with van der Waals surface area (Å²) in [6, 6.07) is 13.4. The molecule has 0 bridgehead atoms. The van der Waals surface area contributed by atoms with E-state index >= 15 is 0 Å². The lowest BCUT2D eigenvalue weighted by Crippen LogP contribution is -2.08. The zero-order valence-corrected chi connectivity index (χ0v) is 11.1. The third kappa shape index (κ3) is 3.81. The standard InChI is InChI=1S/C12H11N2O5P/c13-20(17,18-11-4-2-1-3-5-11)19-12-8-6-10(7-9-12)14(15)16/h1-9H,(H2,13,17). The number of para-hydroxylation sites is 1. The van der Waals surface area contributed by atoms with Crippen LogP contribution in [-0.2, 0) is 4.57 Å². The van der Waals surface area contributed by atoms with Gasteiger partial charge in [-0.05, 0) is 24.3 Å². The number of nitro groups is 1. The Morgan fingerprint density at radius 3 is 1.95 bits per heavy atom. The molecule has 0 aromatic heterocycles. The van der Waals surface area contributed by atoms with E-state index in [0.29, 0.717) is 5.75 Å². The molecular formula is C12H11N2O5P. The predicted octanol–water partition coefficient (Wildman–Crippen LogP) is 3.12. The number of non-ortho nitro benzene ring substituents is 1. The Bertz CT molecular complexity index is 645. The summed E-state index contributed by atoms with van der Waals surface area (Å²) < 4.78 is 22.1. The highest BCUT2D eigenvalue weighted by molar-refractivity contribution is 7.52. The molecule has 0 spiro atoms. The molecule has 0 saturated carbocycles. The normalized spacial score (nSPS) is 13.2. The van der Waals surface area contributed by atoms with E-state index in [2.05, 4.69) is 0 Å². The summed E-state index contributed by atoms with van der Waals surface area (Å²) in [5, 5.41) is 10.5. The van der Waals surface area contributed by atoms with E-state index in [1.807, 2.05) is 0 Å². The van der Waals surface area contributed by atoms with Gasteiger partial charge in [-0.1, -0.05) is 18.2 Å². The van der Waals surface area contributed by atoms with E-state index in [-0.39, 0.29) is 11.4 Å². The van der Waals surface area contributed by atoms with E-state index in [9.17, 15) is 14.7 Å². The van der Waals surface area contributed by atoms with Crippen molar-refractivity contribution < 1.29 is 18.5 Å². The van der Waals surface area contributed by atoms with Crippen LogP contribution in [0, 0.1) is 10.1 Å². The second-order valence-corrected chi connectivity index (χ2v) is 5.23. The van der Waals surface area contributed by atoms with Gasteiger partial charge in [-0.25, -0.2) is 10.1 Å². The maximum Gasteiger partial charge on any atom is 0.510 e. The zero-order chi connectivity index (χ0) is 14.6. The molecule has 20 heavy (non-hydrogen) atoms. The van der Waals surface area contributed by atoms with Crippen molar-refractivity contribution in [1.82, 2.24) is 0 Å². The van der Waals surface area contributed by atoms with E-state index in [1.54, 1.807) is 30.3 Å². The molecule has 2 aromatic rings. The van der Waals surface area contributed by atoms with Crippen LogP contribution in [0.2, 0.25) is 0 Å². The molecule has 1 atom stereocenters. The minimum Gasteiger partial charge on any atom is -0.405 e. The fourth-order valence-corrected chi connectivity index (χ4v) is 2.29. The van der Waals surface area contributed by atoms with Gasteiger partial charge >= 0.3 is 7.75 Å². The van der Waals surface area contributed by atoms with E-state index in [0.717, 1.165) is 0 Å². The SMILES string of the molecule is NP(=O)(Oc1ccccc1)Oc1ccc([N+](=O)[O-])cc1. The number of hydrogen-bond donors (Lipinski definition) is 1. The van der Waals surface area contributed by atoms with Gasteiger partial charge < -0.3 is 9.05 Å². The minimum atomic E-state index is -3.85. The Hall–Kier alpha value is -2.37. The molecule has 0 amide bonds. The number of hydrogen-bond acceptors (Lipinski definition) is 5. The summed E-state index contributed by atoms with van der Waals surface area (Å²) in [5.41, 5.74) is 5.35. The first-order chi connectivity index (χ1) is 9.46. The lowest BCUT2D eigenvalue weighted by Gasteiger charge is -2.15. The molecule has 0 fully saturated rings. The van der Waals surface area contributed by atoms with Gasteiger partial charge in [-0.15, -0.1) is 0 Å². The van der Waals surface area contributed by atoms with Crippen molar-refractivity contribution in [2.75, 3.05) is 0 Å². The van der Waals surface area contributed by atoms with Crippen LogP contribution in [-0.4, -0.2) is 4.92 Å². The monoisotopic (exact) mass is 294 g/mol. The first-order valence-electron chi connectivity index (χ1n) is 5.53. The average molecular weight is 294 g/mol. The molecular weight excluding hydrogens is 283 g/mol. The molecule has 2 N–H and O–H groups in total. The largest absolute Gasteiger partial charge is 0.510 e. The van der Waals surface area contributed by atoms with Crippen LogP contribution in [0.3, 0.4) is 0 Å². The quantitative estimate of drug-likeness (QED) is 0.516. The van der Waals surface area contributed by atoms with Crippen LogP contribution < -0.4 is 14.6 Å². The summed E-state index contributed by atoms with van der Waals surface area (Å²) in [7, 11) is -3.85. The molecule has 8 heteroatoms. The number of nitro benzene ring substituents is 1. The lowest BCUT2D eigenvalue weighted by molar-refractivity contribution is -0.384. The van der Waals surface area contributed by atoms with Crippen LogP contribution in [0.5, 0.6) is 11.5 Å². The minimum absolute atomic E-state index is 0.104. The zero-order valence-electron chi connectivity index (χ0n) is 10.2. The second kappa shape index (κ2) is 5.73. The van der Waals surface area contributed by atoms with Crippen LogP contribution >= 0.6 is 7.75 Å². The Kier molecular flexibility index (Phi) is 4.02. The van der Waals surface area contributed by atoms with E-state index < -0.39 is 12.7 Å². The predicted molar refractivity (Wildman–Crippen MR) is 72.6 cm³/mol. The van der Waals surface area contributed by atoms with Crippen molar-refractivity contribution in [3.63, 3.8) is 0 Å². The molecule has 0 aliphatic rings. The summed E-state index contributed by atoms with van der Waals surface area (Å²) in [6.07, 6.45) is 0. The highest BCUT2D eigenvalue weighted by Gasteiger charge is 2.22. The van der Waals surface area contributed by atoms with Crippen molar-refractivity contribution in [2.45, 2.75) is 0 Å². The fourth-order valence-electron chi connectivity index (χ4n) is 1.42. The molecule has 0 aliphatic carbocycles. The average Bonchev–Trinajstić information content (AvgIpc) is 2.39. The number of rotatable bonds is 5. The van der Waals surface area contributed by atoms with Gasteiger partial charge in [0.2, 0.25) is 0 Å². The van der Waals surface area contributed by atoms with Gasteiger partial charge in [-0.2, -0.15) is 0 Å². The molecule has 0 radical (unpaired) electrons. The lowest BCUT2D eigenvalue weighted by atomic mass is 10.3. The maximum absolute atomic E-state index is 12.0. The van der Waals surface area contributed by atoms with E-state index in [1.165, 1.54) is 24.3 Å². The highest BCUT2D eigenvalue weighted by Crippen LogP contribution is 2.41. The number of nitrogens with zero attached hydrogens (tertiary/aromatic N) is 1. The van der Waals surface area contributed by atoms with Crippen molar-refractivity contribution in [3.05, 3.63) is 64.7 Å². The van der Waals surface area contributed by atoms with Gasteiger partial charge in [0.1, 0.15) is 11.5 Å². The molecule has 1 unspecified atom stereocenters. The Morgan fingerprint density at radius 1 is 0.950 bits per heavy atom. The summed E-state index contributed by atoms with van der Waals surface area (Å²) >= 11 is 0. The third-order valence-corrected chi connectivity index (χ3v) is 3.19. The molecule has 2 aromatic carbocycles. The Balaban J connectivity index is 2.08. The number of nitrogens with two attached hydrogens (primary N) is 1. The van der Waals surface area contributed by atoms with Gasteiger partial charge in [0.15, 0.2) is 0 Å². The van der Waals surface area contributed by atoms with Crippen molar-refractivity contribution in [3.8, 4) is 11.5 Å². The van der Waals surface area contributed by atoms with Gasteiger partial charge in [0.25, 0.3) is 5.69 Å². The highest BCUT2D eigenvalue weighted by atomic mass is 31.2. The Morgan fingerprint density at radius 2 is 1.45 bits per heavy atom. The molecule has 0 aliphatic heterocycles. The number of benzene rings is 2. The molecule has 104 valence electrons. The first-order valence-corrected chi connectivity index (χ1v) is 7.15. The van der Waals surface area contributed by atoms with Crippen LogP contribution in [0.4, 0.5) is 5.69 Å². The first kappa shape index (κ1) is 14.0.